The molecule has 4 nitrogen and oxygen atoms in total. The maximum atomic E-state index is 11.8. The number of hydrogen-bond donors (Lipinski definition) is 2. The van der Waals surface area contributed by atoms with Gasteiger partial charge in [0.25, 0.3) is 0 Å². The summed E-state index contributed by atoms with van der Waals surface area (Å²) in [5.41, 5.74) is 8.55. The molecule has 0 fully saturated rings. The van der Waals surface area contributed by atoms with E-state index in [2.05, 4.69) is 10.3 Å². The molecular weight excluding hydrogens is 306 g/mol. The van der Waals surface area contributed by atoms with E-state index in [1.54, 1.807) is 11.3 Å². The average molecular weight is 326 g/mol. The largest absolute Gasteiger partial charge is 0.325 e. The van der Waals surface area contributed by atoms with E-state index in [4.69, 9.17) is 5.73 Å². The van der Waals surface area contributed by atoms with Crippen molar-refractivity contribution >= 4 is 35.3 Å². The quantitative estimate of drug-likeness (QED) is 0.882. The minimum Gasteiger partial charge on any atom is -0.325 e. The van der Waals surface area contributed by atoms with E-state index >= 15 is 0 Å². The Hall–Kier alpha value is -1.43. The summed E-state index contributed by atoms with van der Waals surface area (Å²) >= 11 is 1.63. The van der Waals surface area contributed by atoms with E-state index in [0.29, 0.717) is 6.42 Å². The Morgan fingerprint density at radius 3 is 2.57 bits per heavy atom. The summed E-state index contributed by atoms with van der Waals surface area (Å²) in [6.07, 6.45) is 1.60. The van der Waals surface area contributed by atoms with Gasteiger partial charge in [0.1, 0.15) is 0 Å². The molecule has 6 heteroatoms. The Morgan fingerprint density at radius 2 is 2.05 bits per heavy atom. The van der Waals surface area contributed by atoms with Crippen LogP contribution in [0.2, 0.25) is 0 Å². The molecule has 3 N–H and O–H groups in total. The van der Waals surface area contributed by atoms with Crippen molar-refractivity contribution in [1.29, 1.82) is 0 Å². The standard InChI is InChI=1S/C15H19N3OS.ClH/c1-3-4-13(16)15(19)18-12-7-5-11(6-8-12)14-9-20-10(2)17-14;/h5-9,13H,3-4,16H2,1-2H3,(H,18,19);1H. The normalized spacial score (nSPS) is 11.6. The van der Waals surface area contributed by atoms with Gasteiger partial charge in [0.05, 0.1) is 16.7 Å². The second-order valence-electron chi connectivity index (χ2n) is 4.71. The third kappa shape index (κ3) is 4.81. The molecule has 2 rings (SSSR count). The first-order valence-electron chi connectivity index (χ1n) is 6.69. The fraction of sp³-hybridized carbons (Fsp3) is 0.333. The fourth-order valence-corrected chi connectivity index (χ4v) is 2.52. The lowest BCUT2D eigenvalue weighted by molar-refractivity contribution is -0.117. The molecule has 0 saturated carbocycles. The number of aryl methyl sites for hydroxylation is 1. The Balaban J connectivity index is 0.00000220. The summed E-state index contributed by atoms with van der Waals surface area (Å²) in [6.45, 7) is 4.00. The molecule has 0 radical (unpaired) electrons. The second-order valence-corrected chi connectivity index (χ2v) is 5.78. The van der Waals surface area contributed by atoms with Gasteiger partial charge >= 0.3 is 0 Å². The first-order chi connectivity index (χ1) is 9.60. The third-order valence-electron chi connectivity index (χ3n) is 3.00. The van der Waals surface area contributed by atoms with Crippen molar-refractivity contribution in [3.63, 3.8) is 0 Å². The number of benzene rings is 1. The molecule has 1 heterocycles. The predicted molar refractivity (Wildman–Crippen MR) is 91.0 cm³/mol. The van der Waals surface area contributed by atoms with E-state index in [1.807, 2.05) is 43.5 Å². The van der Waals surface area contributed by atoms with Crippen LogP contribution < -0.4 is 11.1 Å². The van der Waals surface area contributed by atoms with Gasteiger partial charge in [-0.3, -0.25) is 4.79 Å². The van der Waals surface area contributed by atoms with Crippen molar-refractivity contribution in [1.82, 2.24) is 4.98 Å². The number of nitrogens with zero attached hydrogens (tertiary/aromatic N) is 1. The second kappa shape index (κ2) is 8.12. The lowest BCUT2D eigenvalue weighted by atomic mass is 10.1. The molecule has 0 saturated heterocycles. The van der Waals surface area contributed by atoms with Crippen LogP contribution in [0.5, 0.6) is 0 Å². The van der Waals surface area contributed by atoms with Crippen LogP contribution in [0.15, 0.2) is 29.6 Å². The van der Waals surface area contributed by atoms with Crippen LogP contribution in [0, 0.1) is 6.92 Å². The van der Waals surface area contributed by atoms with Crippen LogP contribution in [0.1, 0.15) is 24.8 Å². The zero-order valence-corrected chi connectivity index (χ0v) is 13.8. The van der Waals surface area contributed by atoms with Crippen molar-refractivity contribution in [3.05, 3.63) is 34.7 Å². The van der Waals surface area contributed by atoms with Gasteiger partial charge in [0.15, 0.2) is 0 Å². The lowest BCUT2D eigenvalue weighted by Gasteiger charge is -2.11. The molecule has 1 aromatic heterocycles. The van der Waals surface area contributed by atoms with Crippen molar-refractivity contribution in [3.8, 4) is 11.3 Å². The molecule has 1 amide bonds. The molecule has 0 aliphatic rings. The summed E-state index contributed by atoms with van der Waals surface area (Å²) in [5, 5.41) is 5.90. The summed E-state index contributed by atoms with van der Waals surface area (Å²) < 4.78 is 0. The highest BCUT2D eigenvalue weighted by atomic mass is 35.5. The molecule has 0 bridgehead atoms. The van der Waals surface area contributed by atoms with E-state index in [-0.39, 0.29) is 18.3 Å². The van der Waals surface area contributed by atoms with E-state index < -0.39 is 6.04 Å². The number of nitrogens with two attached hydrogens (primary N) is 1. The summed E-state index contributed by atoms with van der Waals surface area (Å²) in [5.74, 6) is -0.135. The van der Waals surface area contributed by atoms with Crippen molar-refractivity contribution < 1.29 is 4.79 Å². The highest BCUT2D eigenvalue weighted by Crippen LogP contribution is 2.23. The Bertz CT molecular complexity index is 583. The molecule has 114 valence electrons. The van der Waals surface area contributed by atoms with Crippen LogP contribution in [0.3, 0.4) is 0 Å². The number of carbonyl (C=O) groups excluding carboxylic acids is 1. The smallest absolute Gasteiger partial charge is 0.241 e. The van der Waals surface area contributed by atoms with Crippen molar-refractivity contribution in [2.45, 2.75) is 32.7 Å². The number of hydrogen-bond acceptors (Lipinski definition) is 4. The summed E-state index contributed by atoms with van der Waals surface area (Å²) in [7, 11) is 0. The number of thiazole rings is 1. The van der Waals surface area contributed by atoms with Crippen LogP contribution >= 0.6 is 23.7 Å². The van der Waals surface area contributed by atoms with Gasteiger partial charge in [-0.05, 0) is 25.5 Å². The number of anilines is 1. The van der Waals surface area contributed by atoms with Crippen LogP contribution in [-0.2, 0) is 4.79 Å². The van der Waals surface area contributed by atoms with Crippen LogP contribution in [0.4, 0.5) is 5.69 Å². The Morgan fingerprint density at radius 1 is 1.38 bits per heavy atom. The molecule has 0 aliphatic carbocycles. The van der Waals surface area contributed by atoms with Gasteiger partial charge < -0.3 is 11.1 Å². The van der Waals surface area contributed by atoms with Crippen molar-refractivity contribution in [2.75, 3.05) is 5.32 Å². The summed E-state index contributed by atoms with van der Waals surface area (Å²) in [4.78, 5) is 16.2. The SMILES string of the molecule is CCCC(N)C(=O)Nc1ccc(-c2csc(C)n2)cc1.Cl. The number of amides is 1. The van der Waals surface area contributed by atoms with Gasteiger partial charge in [-0.15, -0.1) is 23.7 Å². The van der Waals surface area contributed by atoms with E-state index in [9.17, 15) is 4.79 Å². The minimum atomic E-state index is -0.444. The number of nitrogens with one attached hydrogen (secondary N) is 1. The van der Waals surface area contributed by atoms with Gasteiger partial charge in [-0.25, -0.2) is 4.98 Å². The topological polar surface area (TPSA) is 68.0 Å². The van der Waals surface area contributed by atoms with E-state index in [1.165, 1.54) is 0 Å². The first kappa shape index (κ1) is 17.6. The molecule has 21 heavy (non-hydrogen) atoms. The van der Waals surface area contributed by atoms with Crippen molar-refractivity contribution in [2.24, 2.45) is 5.73 Å². The highest BCUT2D eigenvalue weighted by Gasteiger charge is 2.12. The summed E-state index contributed by atoms with van der Waals surface area (Å²) in [6, 6.07) is 7.22. The number of aromatic nitrogens is 1. The number of halogens is 1. The van der Waals surface area contributed by atoms with E-state index in [0.717, 1.165) is 28.4 Å². The Labute approximate surface area is 135 Å². The highest BCUT2D eigenvalue weighted by molar-refractivity contribution is 7.09. The number of rotatable bonds is 5. The molecule has 0 spiro atoms. The molecule has 2 aromatic rings. The molecule has 1 unspecified atom stereocenters. The maximum Gasteiger partial charge on any atom is 0.241 e. The minimum absolute atomic E-state index is 0. The first-order valence-corrected chi connectivity index (χ1v) is 7.57. The number of carbonyl (C=O) groups is 1. The van der Waals surface area contributed by atoms with Gasteiger partial charge in [0.2, 0.25) is 5.91 Å². The van der Waals surface area contributed by atoms with Gasteiger partial charge in [0, 0.05) is 16.6 Å². The van der Waals surface area contributed by atoms with Gasteiger partial charge in [-0.2, -0.15) is 0 Å². The predicted octanol–water partition coefficient (Wildman–Crippen LogP) is 3.61. The third-order valence-corrected chi connectivity index (χ3v) is 3.78. The zero-order chi connectivity index (χ0) is 14.5. The maximum absolute atomic E-state index is 11.8. The Kier molecular flexibility index (Phi) is 6.81. The molecule has 1 aromatic carbocycles. The average Bonchev–Trinajstić information content (AvgIpc) is 2.86. The lowest BCUT2D eigenvalue weighted by Crippen LogP contribution is -2.35. The van der Waals surface area contributed by atoms with Crippen LogP contribution in [0.25, 0.3) is 11.3 Å². The molecule has 0 aliphatic heterocycles. The van der Waals surface area contributed by atoms with Crippen LogP contribution in [-0.4, -0.2) is 16.9 Å². The molecule has 1 atom stereocenters. The monoisotopic (exact) mass is 325 g/mol. The fourth-order valence-electron chi connectivity index (χ4n) is 1.90. The zero-order valence-electron chi connectivity index (χ0n) is 12.1. The molecular formula is C15H20ClN3OS. The van der Waals surface area contributed by atoms with Gasteiger partial charge in [-0.1, -0.05) is 25.5 Å².